The van der Waals surface area contributed by atoms with Gasteiger partial charge in [-0.1, -0.05) is 19.3 Å². The number of hydrogen-bond donors (Lipinski definition) is 1. The molecule has 0 aromatic heterocycles. The van der Waals surface area contributed by atoms with Gasteiger partial charge < -0.3 is 9.84 Å². The molecule has 1 aromatic carbocycles. The molecule has 0 radical (unpaired) electrons. The van der Waals surface area contributed by atoms with Crippen molar-refractivity contribution in [1.29, 1.82) is 0 Å². The van der Waals surface area contributed by atoms with Crippen LogP contribution in [0.25, 0.3) is 0 Å². The van der Waals surface area contributed by atoms with Crippen molar-refractivity contribution in [2.45, 2.75) is 44.1 Å². The van der Waals surface area contributed by atoms with Crippen LogP contribution in [0, 0.1) is 11.6 Å². The molecule has 110 valence electrons. The van der Waals surface area contributed by atoms with Gasteiger partial charge >= 0.3 is 5.97 Å². The summed E-state index contributed by atoms with van der Waals surface area (Å²) in [6.45, 7) is -0.169. The quantitative estimate of drug-likeness (QED) is 0.921. The Morgan fingerprint density at radius 2 is 1.80 bits per heavy atom. The van der Waals surface area contributed by atoms with Gasteiger partial charge in [-0.15, -0.1) is 0 Å². The summed E-state index contributed by atoms with van der Waals surface area (Å²) in [4.78, 5) is 11.6. The van der Waals surface area contributed by atoms with Crippen molar-refractivity contribution in [2.24, 2.45) is 0 Å². The van der Waals surface area contributed by atoms with Gasteiger partial charge in [-0.05, 0) is 30.5 Å². The van der Waals surface area contributed by atoms with E-state index in [0.29, 0.717) is 12.8 Å². The second kappa shape index (κ2) is 5.87. The maximum atomic E-state index is 14.0. The molecule has 1 fully saturated rings. The van der Waals surface area contributed by atoms with Crippen LogP contribution in [0.2, 0.25) is 0 Å². The molecule has 0 unspecified atom stereocenters. The van der Waals surface area contributed by atoms with E-state index in [1.807, 2.05) is 0 Å². The van der Waals surface area contributed by atoms with E-state index in [0.717, 1.165) is 31.4 Å². The van der Waals surface area contributed by atoms with Gasteiger partial charge in [0.15, 0.2) is 0 Å². The highest BCUT2D eigenvalue weighted by Gasteiger charge is 2.42. The standard InChI is InChI=1S/C15H18F2O3/c1-20-9-11-12(16)7-10(8-13(11)17)15(14(18)19)5-3-2-4-6-15/h7-8H,2-6,9H2,1H3,(H,18,19). The second-order valence-electron chi connectivity index (χ2n) is 5.30. The largest absolute Gasteiger partial charge is 0.481 e. The number of methoxy groups -OCH3 is 1. The first-order valence-electron chi connectivity index (χ1n) is 6.72. The number of carbonyl (C=O) groups is 1. The van der Waals surface area contributed by atoms with Gasteiger partial charge in [0.2, 0.25) is 0 Å². The number of benzene rings is 1. The lowest BCUT2D eigenvalue weighted by Crippen LogP contribution is -2.38. The van der Waals surface area contributed by atoms with Crippen molar-refractivity contribution >= 4 is 5.97 Å². The molecule has 0 spiro atoms. The molecular formula is C15H18F2O3. The number of hydrogen-bond acceptors (Lipinski definition) is 2. The van der Waals surface area contributed by atoms with E-state index in [1.54, 1.807) is 0 Å². The van der Waals surface area contributed by atoms with Crippen LogP contribution in [-0.4, -0.2) is 18.2 Å². The summed E-state index contributed by atoms with van der Waals surface area (Å²) in [7, 11) is 1.35. The Hall–Kier alpha value is -1.49. The molecule has 5 heteroatoms. The smallest absolute Gasteiger partial charge is 0.314 e. The van der Waals surface area contributed by atoms with E-state index in [4.69, 9.17) is 4.74 Å². The molecule has 0 amide bonds. The molecule has 0 heterocycles. The van der Waals surface area contributed by atoms with Crippen molar-refractivity contribution < 1.29 is 23.4 Å². The Morgan fingerprint density at radius 1 is 1.25 bits per heavy atom. The van der Waals surface area contributed by atoms with Gasteiger partial charge in [-0.3, -0.25) is 4.79 Å². The van der Waals surface area contributed by atoms with Crippen LogP contribution in [0.1, 0.15) is 43.2 Å². The number of ether oxygens (including phenoxy) is 1. The zero-order valence-corrected chi connectivity index (χ0v) is 11.4. The first-order chi connectivity index (χ1) is 9.51. The van der Waals surface area contributed by atoms with Gasteiger partial charge in [-0.25, -0.2) is 8.78 Å². The van der Waals surface area contributed by atoms with Crippen molar-refractivity contribution in [2.75, 3.05) is 7.11 Å². The van der Waals surface area contributed by atoms with E-state index in [-0.39, 0.29) is 17.7 Å². The fourth-order valence-corrected chi connectivity index (χ4v) is 2.94. The summed E-state index contributed by atoms with van der Waals surface area (Å²) < 4.78 is 32.7. The van der Waals surface area contributed by atoms with Gasteiger partial charge in [0.05, 0.1) is 12.0 Å². The van der Waals surface area contributed by atoms with E-state index < -0.39 is 23.0 Å². The summed E-state index contributed by atoms with van der Waals surface area (Å²) in [5, 5.41) is 9.53. The molecule has 1 aliphatic rings. The predicted molar refractivity (Wildman–Crippen MR) is 69.5 cm³/mol. The maximum Gasteiger partial charge on any atom is 0.314 e. The molecule has 20 heavy (non-hydrogen) atoms. The van der Waals surface area contributed by atoms with Crippen molar-refractivity contribution in [3.8, 4) is 0 Å². The monoisotopic (exact) mass is 284 g/mol. The third-order valence-electron chi connectivity index (χ3n) is 4.10. The molecule has 1 N–H and O–H groups in total. The molecule has 1 saturated carbocycles. The third-order valence-corrected chi connectivity index (χ3v) is 4.10. The highest BCUT2D eigenvalue weighted by atomic mass is 19.1. The maximum absolute atomic E-state index is 14.0. The Balaban J connectivity index is 2.47. The summed E-state index contributed by atoms with van der Waals surface area (Å²) in [5.41, 5.74) is -1.10. The van der Waals surface area contributed by atoms with Crippen LogP contribution in [0.5, 0.6) is 0 Å². The van der Waals surface area contributed by atoms with E-state index in [2.05, 4.69) is 0 Å². The van der Waals surface area contributed by atoms with Crippen molar-refractivity contribution in [1.82, 2.24) is 0 Å². The van der Waals surface area contributed by atoms with Crippen LogP contribution in [0.3, 0.4) is 0 Å². The van der Waals surface area contributed by atoms with Crippen LogP contribution in [0.4, 0.5) is 8.78 Å². The molecule has 2 rings (SSSR count). The number of halogens is 2. The Labute approximate surface area is 116 Å². The number of carboxylic acids is 1. The summed E-state index contributed by atoms with van der Waals surface area (Å²) in [5.74, 6) is -2.49. The van der Waals surface area contributed by atoms with Crippen LogP contribution in [0.15, 0.2) is 12.1 Å². The topological polar surface area (TPSA) is 46.5 Å². The average molecular weight is 284 g/mol. The average Bonchev–Trinajstić information content (AvgIpc) is 2.43. The lowest BCUT2D eigenvalue weighted by Gasteiger charge is -2.33. The van der Waals surface area contributed by atoms with E-state index >= 15 is 0 Å². The molecule has 1 aliphatic carbocycles. The minimum Gasteiger partial charge on any atom is -0.481 e. The van der Waals surface area contributed by atoms with E-state index in [1.165, 1.54) is 7.11 Å². The fraction of sp³-hybridized carbons (Fsp3) is 0.533. The minimum absolute atomic E-state index is 0.160. The molecule has 0 aliphatic heterocycles. The van der Waals surface area contributed by atoms with Crippen LogP contribution >= 0.6 is 0 Å². The van der Waals surface area contributed by atoms with Crippen LogP contribution < -0.4 is 0 Å². The number of carboxylic acid groups (broad SMARTS) is 1. The highest BCUT2D eigenvalue weighted by molar-refractivity contribution is 5.81. The predicted octanol–water partition coefficient (Wildman–Crippen LogP) is 3.40. The van der Waals surface area contributed by atoms with Crippen LogP contribution in [-0.2, 0) is 21.6 Å². The molecule has 0 bridgehead atoms. The zero-order chi connectivity index (χ0) is 14.8. The van der Waals surface area contributed by atoms with Gasteiger partial charge in [0.1, 0.15) is 11.6 Å². The first-order valence-corrected chi connectivity index (χ1v) is 6.72. The summed E-state index contributed by atoms with van der Waals surface area (Å²) in [6.07, 6.45) is 3.32. The number of rotatable bonds is 4. The normalized spacial score (nSPS) is 17.9. The Kier molecular flexibility index (Phi) is 4.38. The highest BCUT2D eigenvalue weighted by Crippen LogP contribution is 2.40. The van der Waals surface area contributed by atoms with Crippen molar-refractivity contribution in [3.05, 3.63) is 34.9 Å². The van der Waals surface area contributed by atoms with E-state index in [9.17, 15) is 18.7 Å². The van der Waals surface area contributed by atoms with Gasteiger partial charge in [-0.2, -0.15) is 0 Å². The SMILES string of the molecule is COCc1c(F)cc(C2(C(=O)O)CCCCC2)cc1F. The summed E-state index contributed by atoms with van der Waals surface area (Å²) in [6, 6.07) is 2.30. The molecular weight excluding hydrogens is 266 g/mol. The third kappa shape index (κ3) is 2.54. The summed E-state index contributed by atoms with van der Waals surface area (Å²) >= 11 is 0. The molecule has 1 aromatic rings. The lowest BCUT2D eigenvalue weighted by molar-refractivity contribution is -0.145. The fourth-order valence-electron chi connectivity index (χ4n) is 2.94. The second-order valence-corrected chi connectivity index (χ2v) is 5.30. The lowest BCUT2D eigenvalue weighted by atomic mass is 9.69. The molecule has 3 nitrogen and oxygen atoms in total. The zero-order valence-electron chi connectivity index (χ0n) is 11.4. The van der Waals surface area contributed by atoms with Crippen molar-refractivity contribution in [3.63, 3.8) is 0 Å². The van der Waals surface area contributed by atoms with Gasteiger partial charge in [0.25, 0.3) is 0 Å². The molecule has 0 atom stereocenters. The number of aliphatic carboxylic acids is 1. The Bertz CT molecular complexity index is 485. The first kappa shape index (κ1) is 14.9. The minimum atomic E-state index is -1.16. The molecule has 0 saturated heterocycles. The Morgan fingerprint density at radius 3 is 2.25 bits per heavy atom. The van der Waals surface area contributed by atoms with Gasteiger partial charge in [0, 0.05) is 12.7 Å².